The third-order valence-corrected chi connectivity index (χ3v) is 2.95. The molecule has 1 aromatic rings. The average molecular weight is 288 g/mol. The summed E-state index contributed by atoms with van der Waals surface area (Å²) in [6.07, 6.45) is 3.55. The Morgan fingerprint density at radius 1 is 1.58 bits per heavy atom. The first kappa shape index (κ1) is 15.5. The number of aryl methyl sites for hydroxylation is 1. The molecule has 0 fully saturated rings. The molecule has 1 aromatic heterocycles. The summed E-state index contributed by atoms with van der Waals surface area (Å²) in [5, 5.41) is 7.02. The van der Waals surface area contributed by atoms with Crippen molar-refractivity contribution >= 4 is 23.3 Å². The van der Waals surface area contributed by atoms with Crippen molar-refractivity contribution in [2.75, 3.05) is 19.0 Å². The number of methoxy groups -OCH3 is 1. The Labute approximate surface area is 116 Å². The summed E-state index contributed by atoms with van der Waals surface area (Å²) in [6, 6.07) is 0. The van der Waals surface area contributed by atoms with E-state index in [-0.39, 0.29) is 23.0 Å². The second-order valence-electron chi connectivity index (χ2n) is 4.01. The number of unbranched alkanes of at least 4 members (excludes halogenated alkanes) is 1. The molecule has 0 amide bonds. The first-order valence-corrected chi connectivity index (χ1v) is 6.54. The van der Waals surface area contributed by atoms with Crippen molar-refractivity contribution in [3.8, 4) is 0 Å². The summed E-state index contributed by atoms with van der Waals surface area (Å²) < 4.78 is 5.86. The Morgan fingerprint density at radius 2 is 2.32 bits per heavy atom. The predicted octanol–water partition coefficient (Wildman–Crippen LogP) is 1.67. The molecule has 0 atom stereocenters. The zero-order valence-corrected chi connectivity index (χ0v) is 11.9. The van der Waals surface area contributed by atoms with Gasteiger partial charge in [0.05, 0.1) is 25.4 Å². The van der Waals surface area contributed by atoms with E-state index in [1.54, 1.807) is 0 Å². The van der Waals surface area contributed by atoms with Crippen LogP contribution in [0.3, 0.4) is 0 Å². The lowest BCUT2D eigenvalue weighted by Crippen LogP contribution is -2.24. The molecule has 7 heteroatoms. The number of ether oxygens (including phenoxy) is 1. The standard InChI is InChI=1S/C12H18ClN3O3/c1-3-4-7-16-12(18)11(13)9(8-15-16)14-6-5-10(17)19-2/h8,14H,3-7H2,1-2H3. The lowest BCUT2D eigenvalue weighted by molar-refractivity contribution is -0.140. The summed E-state index contributed by atoms with van der Waals surface area (Å²) in [4.78, 5) is 22.8. The van der Waals surface area contributed by atoms with Crippen molar-refractivity contribution in [2.45, 2.75) is 32.7 Å². The smallest absolute Gasteiger partial charge is 0.307 e. The van der Waals surface area contributed by atoms with E-state index in [0.717, 1.165) is 12.8 Å². The van der Waals surface area contributed by atoms with Crippen molar-refractivity contribution in [3.63, 3.8) is 0 Å². The number of halogens is 1. The molecule has 0 bridgehead atoms. The Bertz CT molecular complexity index is 488. The maximum Gasteiger partial charge on any atom is 0.307 e. The SMILES string of the molecule is CCCCn1ncc(NCCC(=O)OC)c(Cl)c1=O. The summed E-state index contributed by atoms with van der Waals surface area (Å²) in [7, 11) is 1.33. The fraction of sp³-hybridized carbons (Fsp3) is 0.583. The Kier molecular flexibility index (Phi) is 6.35. The van der Waals surface area contributed by atoms with E-state index in [0.29, 0.717) is 18.8 Å². The molecule has 0 unspecified atom stereocenters. The molecule has 0 saturated carbocycles. The number of rotatable bonds is 7. The predicted molar refractivity (Wildman–Crippen MR) is 73.5 cm³/mol. The van der Waals surface area contributed by atoms with Crippen LogP contribution in [0, 0.1) is 0 Å². The molecule has 0 aliphatic rings. The van der Waals surface area contributed by atoms with Crippen LogP contribution >= 0.6 is 11.6 Å². The molecular weight excluding hydrogens is 270 g/mol. The van der Waals surface area contributed by atoms with Crippen LogP contribution in [0.5, 0.6) is 0 Å². The molecule has 1 N–H and O–H groups in total. The number of carbonyl (C=O) groups is 1. The Morgan fingerprint density at radius 3 is 2.95 bits per heavy atom. The molecule has 19 heavy (non-hydrogen) atoms. The van der Waals surface area contributed by atoms with Crippen molar-refractivity contribution in [2.24, 2.45) is 0 Å². The first-order chi connectivity index (χ1) is 9.10. The number of esters is 1. The number of nitrogens with one attached hydrogen (secondary N) is 1. The lowest BCUT2D eigenvalue weighted by atomic mass is 10.3. The maximum atomic E-state index is 11.9. The van der Waals surface area contributed by atoms with Gasteiger partial charge in [-0.2, -0.15) is 5.10 Å². The van der Waals surface area contributed by atoms with Gasteiger partial charge >= 0.3 is 5.97 Å². The quantitative estimate of drug-likeness (QED) is 0.772. The van der Waals surface area contributed by atoms with Crippen molar-refractivity contribution < 1.29 is 9.53 Å². The number of hydrogen-bond acceptors (Lipinski definition) is 5. The Balaban J connectivity index is 2.68. The molecule has 106 valence electrons. The van der Waals surface area contributed by atoms with Crippen LogP contribution in [0.2, 0.25) is 5.02 Å². The fourth-order valence-electron chi connectivity index (χ4n) is 1.46. The minimum atomic E-state index is -0.326. The minimum Gasteiger partial charge on any atom is -0.469 e. The summed E-state index contributed by atoms with van der Waals surface area (Å²) in [6.45, 7) is 2.93. The summed E-state index contributed by atoms with van der Waals surface area (Å²) >= 11 is 5.97. The second kappa shape index (κ2) is 7.78. The number of hydrogen-bond donors (Lipinski definition) is 1. The van der Waals surface area contributed by atoms with Crippen LogP contribution in [0.15, 0.2) is 11.0 Å². The van der Waals surface area contributed by atoms with Gasteiger partial charge in [-0.1, -0.05) is 24.9 Å². The second-order valence-corrected chi connectivity index (χ2v) is 4.38. The van der Waals surface area contributed by atoms with Gasteiger partial charge in [-0.25, -0.2) is 4.68 Å². The lowest BCUT2D eigenvalue weighted by Gasteiger charge is -2.09. The van der Waals surface area contributed by atoms with Crippen molar-refractivity contribution in [1.82, 2.24) is 9.78 Å². The Hall–Kier alpha value is -1.56. The van der Waals surface area contributed by atoms with E-state index >= 15 is 0 Å². The van der Waals surface area contributed by atoms with E-state index in [1.807, 2.05) is 6.92 Å². The largest absolute Gasteiger partial charge is 0.469 e. The minimum absolute atomic E-state index is 0.0935. The molecule has 0 aliphatic heterocycles. The molecule has 0 saturated heterocycles. The van der Waals surface area contributed by atoms with Crippen LogP contribution in [-0.4, -0.2) is 29.4 Å². The molecular formula is C12H18ClN3O3. The summed E-state index contributed by atoms with van der Waals surface area (Å²) in [5.41, 5.74) is 0.113. The van der Waals surface area contributed by atoms with Gasteiger partial charge in [0.25, 0.3) is 5.56 Å². The molecule has 0 aliphatic carbocycles. The molecule has 6 nitrogen and oxygen atoms in total. The monoisotopic (exact) mass is 287 g/mol. The highest BCUT2D eigenvalue weighted by Gasteiger charge is 2.09. The zero-order valence-electron chi connectivity index (χ0n) is 11.1. The highest BCUT2D eigenvalue weighted by molar-refractivity contribution is 6.32. The first-order valence-electron chi connectivity index (χ1n) is 6.16. The summed E-state index contributed by atoms with van der Waals surface area (Å²) in [5.74, 6) is -0.326. The zero-order chi connectivity index (χ0) is 14.3. The molecule has 1 heterocycles. The van der Waals surface area contributed by atoms with Gasteiger partial charge in [-0.3, -0.25) is 9.59 Å². The van der Waals surface area contributed by atoms with Gasteiger partial charge in [0.1, 0.15) is 5.02 Å². The van der Waals surface area contributed by atoms with Gasteiger partial charge in [-0.05, 0) is 6.42 Å². The average Bonchev–Trinajstić information content (AvgIpc) is 2.42. The van der Waals surface area contributed by atoms with Crippen molar-refractivity contribution in [1.29, 1.82) is 0 Å². The van der Waals surface area contributed by atoms with E-state index in [1.165, 1.54) is 18.0 Å². The topological polar surface area (TPSA) is 73.2 Å². The molecule has 0 spiro atoms. The van der Waals surface area contributed by atoms with Gasteiger partial charge < -0.3 is 10.1 Å². The van der Waals surface area contributed by atoms with E-state index in [2.05, 4.69) is 15.2 Å². The van der Waals surface area contributed by atoms with Crippen molar-refractivity contribution in [3.05, 3.63) is 21.6 Å². The number of carbonyl (C=O) groups excluding carboxylic acids is 1. The van der Waals surface area contributed by atoms with Gasteiger partial charge in [-0.15, -0.1) is 0 Å². The van der Waals surface area contributed by atoms with E-state index < -0.39 is 0 Å². The van der Waals surface area contributed by atoms with E-state index in [4.69, 9.17) is 11.6 Å². The van der Waals surface area contributed by atoms with Crippen LogP contribution in [0.4, 0.5) is 5.69 Å². The number of nitrogens with zero attached hydrogens (tertiary/aromatic N) is 2. The highest BCUT2D eigenvalue weighted by Crippen LogP contribution is 2.15. The fourth-order valence-corrected chi connectivity index (χ4v) is 1.67. The van der Waals surface area contributed by atoms with Crippen LogP contribution in [-0.2, 0) is 16.1 Å². The van der Waals surface area contributed by atoms with Gasteiger partial charge in [0.2, 0.25) is 0 Å². The van der Waals surface area contributed by atoms with Gasteiger partial charge in [0.15, 0.2) is 0 Å². The molecule has 0 aromatic carbocycles. The third-order valence-electron chi connectivity index (χ3n) is 2.58. The normalized spacial score (nSPS) is 10.3. The number of aromatic nitrogens is 2. The van der Waals surface area contributed by atoms with Crippen LogP contribution < -0.4 is 10.9 Å². The van der Waals surface area contributed by atoms with Crippen LogP contribution in [0.1, 0.15) is 26.2 Å². The van der Waals surface area contributed by atoms with Gasteiger partial charge in [0, 0.05) is 13.1 Å². The molecule has 0 radical (unpaired) electrons. The van der Waals surface area contributed by atoms with Crippen LogP contribution in [0.25, 0.3) is 0 Å². The van der Waals surface area contributed by atoms with E-state index in [9.17, 15) is 9.59 Å². The third kappa shape index (κ3) is 4.55. The number of anilines is 1. The molecule has 1 rings (SSSR count). The highest BCUT2D eigenvalue weighted by atomic mass is 35.5. The maximum absolute atomic E-state index is 11.9.